The molecule has 98 valence electrons. The van der Waals surface area contributed by atoms with Crippen molar-refractivity contribution in [2.75, 3.05) is 5.32 Å². The van der Waals surface area contributed by atoms with Crippen LogP contribution >= 0.6 is 12.2 Å². The monoisotopic (exact) mass is 268 g/mol. The summed E-state index contributed by atoms with van der Waals surface area (Å²) < 4.78 is 13.6. The van der Waals surface area contributed by atoms with Gasteiger partial charge in [-0.15, -0.1) is 0 Å². The molecule has 1 amide bonds. The van der Waals surface area contributed by atoms with E-state index in [1.54, 1.807) is 6.07 Å². The first-order valence-electron chi connectivity index (χ1n) is 5.69. The number of hydrogen-bond donors (Lipinski definition) is 2. The lowest BCUT2D eigenvalue weighted by Gasteiger charge is -2.22. The van der Waals surface area contributed by atoms with E-state index in [0.29, 0.717) is 12.1 Å². The van der Waals surface area contributed by atoms with E-state index < -0.39 is 11.2 Å². The Bertz CT molecular complexity index is 486. The van der Waals surface area contributed by atoms with Crippen LogP contribution in [0.25, 0.3) is 0 Å². The fourth-order valence-corrected chi connectivity index (χ4v) is 1.54. The Morgan fingerprint density at radius 3 is 2.61 bits per heavy atom. The van der Waals surface area contributed by atoms with Gasteiger partial charge in [-0.2, -0.15) is 0 Å². The Balaban J connectivity index is 3.09. The summed E-state index contributed by atoms with van der Waals surface area (Å²) in [6.07, 6.45) is 0.677. The Morgan fingerprint density at radius 1 is 1.50 bits per heavy atom. The lowest BCUT2D eigenvalue weighted by molar-refractivity contribution is -0.124. The molecule has 5 heteroatoms. The molecule has 0 fully saturated rings. The van der Waals surface area contributed by atoms with Gasteiger partial charge in [0.25, 0.3) is 0 Å². The van der Waals surface area contributed by atoms with E-state index in [4.69, 9.17) is 18.0 Å². The van der Waals surface area contributed by atoms with Crippen molar-refractivity contribution in [3.05, 3.63) is 29.6 Å². The van der Waals surface area contributed by atoms with Gasteiger partial charge in [-0.1, -0.05) is 39.1 Å². The second-order valence-electron chi connectivity index (χ2n) is 4.72. The lowest BCUT2D eigenvalue weighted by atomic mass is 9.89. The van der Waals surface area contributed by atoms with Crippen LogP contribution in [-0.4, -0.2) is 10.9 Å². The molecule has 1 aromatic carbocycles. The smallest absolute Gasteiger partial charge is 0.230 e. The lowest BCUT2D eigenvalue weighted by Crippen LogP contribution is -2.31. The number of thiocarbonyl (C=S) groups is 1. The van der Waals surface area contributed by atoms with Crippen molar-refractivity contribution in [1.29, 1.82) is 0 Å². The zero-order chi connectivity index (χ0) is 13.9. The standard InChI is InChI=1S/C13H17FN2OS/c1-4-13(2,3)12(17)16-9-7-5-6-8(14)10(9)11(15)18/h5-7H,4H2,1-3H3,(H2,15,18)(H,16,17). The summed E-state index contributed by atoms with van der Waals surface area (Å²) in [4.78, 5) is 12.0. The van der Waals surface area contributed by atoms with Crippen LogP contribution in [0.4, 0.5) is 10.1 Å². The maximum absolute atomic E-state index is 13.6. The van der Waals surface area contributed by atoms with Gasteiger partial charge in [-0.05, 0) is 18.6 Å². The molecule has 1 rings (SSSR count). The summed E-state index contributed by atoms with van der Waals surface area (Å²) in [6.45, 7) is 5.56. The molecule has 0 saturated heterocycles. The molecule has 3 nitrogen and oxygen atoms in total. The van der Waals surface area contributed by atoms with E-state index in [1.807, 2.05) is 20.8 Å². The predicted molar refractivity (Wildman–Crippen MR) is 75.0 cm³/mol. The molecule has 0 atom stereocenters. The van der Waals surface area contributed by atoms with Crippen LogP contribution in [0.5, 0.6) is 0 Å². The van der Waals surface area contributed by atoms with Gasteiger partial charge in [0.1, 0.15) is 10.8 Å². The molecule has 3 N–H and O–H groups in total. The van der Waals surface area contributed by atoms with Crippen LogP contribution in [0.2, 0.25) is 0 Å². The molecular weight excluding hydrogens is 251 g/mol. The maximum atomic E-state index is 13.6. The third-order valence-electron chi connectivity index (χ3n) is 3.01. The largest absolute Gasteiger partial charge is 0.389 e. The Labute approximate surface area is 112 Å². The highest BCUT2D eigenvalue weighted by atomic mass is 32.1. The van der Waals surface area contributed by atoms with Gasteiger partial charge in [-0.3, -0.25) is 4.79 Å². The molecule has 18 heavy (non-hydrogen) atoms. The van der Waals surface area contributed by atoms with E-state index in [0.717, 1.165) is 0 Å². The molecule has 0 aliphatic rings. The van der Waals surface area contributed by atoms with Gasteiger partial charge in [0.15, 0.2) is 0 Å². The molecule has 1 aromatic rings. The third-order valence-corrected chi connectivity index (χ3v) is 3.21. The summed E-state index contributed by atoms with van der Waals surface area (Å²) in [6, 6.07) is 4.35. The van der Waals surface area contributed by atoms with Crippen LogP contribution < -0.4 is 11.1 Å². The molecule has 0 spiro atoms. The quantitative estimate of drug-likeness (QED) is 0.826. The first-order chi connectivity index (χ1) is 8.29. The van der Waals surface area contributed by atoms with Crippen molar-refractivity contribution in [2.24, 2.45) is 11.1 Å². The molecule has 0 bridgehead atoms. The first-order valence-corrected chi connectivity index (χ1v) is 6.10. The number of benzene rings is 1. The molecule has 0 aliphatic heterocycles. The predicted octanol–water partition coefficient (Wildman–Crippen LogP) is 2.83. The summed E-state index contributed by atoms with van der Waals surface area (Å²) >= 11 is 4.80. The van der Waals surface area contributed by atoms with E-state index in [-0.39, 0.29) is 16.5 Å². The number of anilines is 1. The molecule has 0 unspecified atom stereocenters. The van der Waals surface area contributed by atoms with Crippen LogP contribution in [-0.2, 0) is 4.79 Å². The number of nitrogens with one attached hydrogen (secondary N) is 1. The fourth-order valence-electron chi connectivity index (χ4n) is 1.33. The average molecular weight is 268 g/mol. The highest BCUT2D eigenvalue weighted by molar-refractivity contribution is 7.80. The van der Waals surface area contributed by atoms with Crippen molar-refractivity contribution in [1.82, 2.24) is 0 Å². The molecule has 0 aromatic heterocycles. The summed E-state index contributed by atoms with van der Waals surface area (Å²) in [7, 11) is 0. The highest BCUT2D eigenvalue weighted by Crippen LogP contribution is 2.25. The van der Waals surface area contributed by atoms with E-state index in [2.05, 4.69) is 5.32 Å². The molecule has 0 heterocycles. The number of nitrogens with two attached hydrogens (primary N) is 1. The van der Waals surface area contributed by atoms with Crippen LogP contribution in [0.1, 0.15) is 32.8 Å². The number of carbonyl (C=O) groups excluding carboxylic acids is 1. The number of hydrogen-bond acceptors (Lipinski definition) is 2. The molecule has 0 saturated carbocycles. The summed E-state index contributed by atoms with van der Waals surface area (Å²) in [5.74, 6) is -0.720. The summed E-state index contributed by atoms with van der Waals surface area (Å²) in [5.41, 5.74) is 5.34. The van der Waals surface area contributed by atoms with Crippen molar-refractivity contribution in [2.45, 2.75) is 27.2 Å². The topological polar surface area (TPSA) is 55.1 Å². The molecule has 0 aliphatic carbocycles. The normalized spacial score (nSPS) is 11.1. The van der Waals surface area contributed by atoms with Crippen LogP contribution in [0.3, 0.4) is 0 Å². The van der Waals surface area contributed by atoms with E-state index in [9.17, 15) is 9.18 Å². The zero-order valence-corrected chi connectivity index (χ0v) is 11.5. The third kappa shape index (κ3) is 3.04. The van der Waals surface area contributed by atoms with Crippen LogP contribution in [0.15, 0.2) is 18.2 Å². The van der Waals surface area contributed by atoms with Gasteiger partial charge in [-0.25, -0.2) is 4.39 Å². The number of rotatable bonds is 4. The maximum Gasteiger partial charge on any atom is 0.230 e. The number of amides is 1. The van der Waals surface area contributed by atoms with Crippen molar-refractivity contribution in [3.8, 4) is 0 Å². The SMILES string of the molecule is CCC(C)(C)C(=O)Nc1cccc(F)c1C(N)=S. The minimum atomic E-state index is -0.533. The fraction of sp³-hybridized carbons (Fsp3) is 0.385. The summed E-state index contributed by atoms with van der Waals surface area (Å²) in [5, 5.41) is 2.68. The van der Waals surface area contributed by atoms with Gasteiger partial charge in [0, 0.05) is 5.41 Å². The number of carbonyl (C=O) groups is 1. The second-order valence-corrected chi connectivity index (χ2v) is 5.16. The van der Waals surface area contributed by atoms with Crippen LogP contribution in [0, 0.1) is 11.2 Å². The van der Waals surface area contributed by atoms with E-state index >= 15 is 0 Å². The van der Waals surface area contributed by atoms with Gasteiger partial charge in [0.2, 0.25) is 5.91 Å². The minimum Gasteiger partial charge on any atom is -0.389 e. The zero-order valence-electron chi connectivity index (χ0n) is 10.7. The van der Waals surface area contributed by atoms with Crippen molar-refractivity contribution < 1.29 is 9.18 Å². The molecular formula is C13H17FN2OS. The van der Waals surface area contributed by atoms with Gasteiger partial charge < -0.3 is 11.1 Å². The van der Waals surface area contributed by atoms with E-state index in [1.165, 1.54) is 12.1 Å². The van der Waals surface area contributed by atoms with Crippen molar-refractivity contribution in [3.63, 3.8) is 0 Å². The van der Waals surface area contributed by atoms with Crippen molar-refractivity contribution >= 4 is 28.8 Å². The highest BCUT2D eigenvalue weighted by Gasteiger charge is 2.26. The second kappa shape index (κ2) is 5.44. The van der Waals surface area contributed by atoms with Gasteiger partial charge in [0.05, 0.1) is 11.3 Å². The Kier molecular flexibility index (Phi) is 4.40. The minimum absolute atomic E-state index is 0.0716. The number of halogens is 1. The molecule has 0 radical (unpaired) electrons. The first kappa shape index (κ1) is 14.6. The average Bonchev–Trinajstić information content (AvgIpc) is 2.28. The Hall–Kier alpha value is -1.49. The Morgan fingerprint density at radius 2 is 2.11 bits per heavy atom. The van der Waals surface area contributed by atoms with Gasteiger partial charge >= 0.3 is 0 Å².